The van der Waals surface area contributed by atoms with Crippen molar-refractivity contribution in [3.05, 3.63) is 40.7 Å². The standard InChI is InChI=1S/C13H9N3S/c1-13(8-14,9-15)12-16-11(7-17-12)10-5-3-2-4-6-10/h2-7H,1H3. The number of benzene rings is 1. The summed E-state index contributed by atoms with van der Waals surface area (Å²) in [6.45, 7) is 1.58. The van der Waals surface area contributed by atoms with Gasteiger partial charge in [-0.05, 0) is 6.92 Å². The Labute approximate surface area is 104 Å². The molecule has 0 radical (unpaired) electrons. The molecule has 1 aromatic carbocycles. The largest absolute Gasteiger partial charge is 0.238 e. The molecule has 0 aliphatic carbocycles. The van der Waals surface area contributed by atoms with Gasteiger partial charge >= 0.3 is 0 Å². The molecule has 0 aliphatic rings. The van der Waals surface area contributed by atoms with Gasteiger partial charge in [0.05, 0.1) is 17.8 Å². The van der Waals surface area contributed by atoms with Crippen LogP contribution >= 0.6 is 11.3 Å². The van der Waals surface area contributed by atoms with Crippen LogP contribution in [-0.2, 0) is 5.41 Å². The Morgan fingerprint density at radius 2 is 1.82 bits per heavy atom. The minimum absolute atomic E-state index is 0.543. The maximum Gasteiger partial charge on any atom is 0.191 e. The van der Waals surface area contributed by atoms with Gasteiger partial charge in [0.2, 0.25) is 0 Å². The van der Waals surface area contributed by atoms with E-state index in [0.717, 1.165) is 11.3 Å². The average Bonchev–Trinajstić information content (AvgIpc) is 2.89. The summed E-state index contributed by atoms with van der Waals surface area (Å²) in [4.78, 5) is 4.37. The summed E-state index contributed by atoms with van der Waals surface area (Å²) in [7, 11) is 0. The van der Waals surface area contributed by atoms with Gasteiger partial charge in [-0.2, -0.15) is 10.5 Å². The van der Waals surface area contributed by atoms with E-state index in [0.29, 0.717) is 5.01 Å². The third kappa shape index (κ3) is 2.04. The van der Waals surface area contributed by atoms with E-state index < -0.39 is 5.41 Å². The Morgan fingerprint density at radius 3 is 2.41 bits per heavy atom. The maximum atomic E-state index is 9.01. The van der Waals surface area contributed by atoms with Crippen LogP contribution in [0.25, 0.3) is 11.3 Å². The van der Waals surface area contributed by atoms with E-state index in [1.807, 2.05) is 47.9 Å². The number of hydrogen-bond donors (Lipinski definition) is 0. The molecule has 0 spiro atoms. The van der Waals surface area contributed by atoms with Gasteiger partial charge in [-0.1, -0.05) is 30.3 Å². The van der Waals surface area contributed by atoms with Gasteiger partial charge < -0.3 is 0 Å². The average molecular weight is 239 g/mol. The monoisotopic (exact) mass is 239 g/mol. The molecule has 17 heavy (non-hydrogen) atoms. The fraction of sp³-hybridized carbons (Fsp3) is 0.154. The summed E-state index contributed by atoms with van der Waals surface area (Å²) >= 11 is 1.34. The maximum absolute atomic E-state index is 9.01. The first-order chi connectivity index (χ1) is 8.19. The van der Waals surface area contributed by atoms with Gasteiger partial charge in [0, 0.05) is 10.9 Å². The quantitative estimate of drug-likeness (QED) is 0.809. The van der Waals surface area contributed by atoms with Crippen LogP contribution in [0.2, 0.25) is 0 Å². The Hall–Kier alpha value is -2.17. The molecule has 0 amide bonds. The summed E-state index contributed by atoms with van der Waals surface area (Å²) < 4.78 is 0. The predicted octanol–water partition coefficient (Wildman–Crippen LogP) is 3.11. The van der Waals surface area contributed by atoms with Crippen molar-refractivity contribution >= 4 is 11.3 Å². The molecule has 0 atom stereocenters. The molecule has 3 nitrogen and oxygen atoms in total. The molecular weight excluding hydrogens is 230 g/mol. The number of nitriles is 2. The normalized spacial score (nSPS) is 10.5. The third-order valence-corrected chi connectivity index (χ3v) is 3.51. The van der Waals surface area contributed by atoms with Crippen LogP contribution in [0.5, 0.6) is 0 Å². The van der Waals surface area contributed by atoms with E-state index in [1.54, 1.807) is 6.92 Å². The molecule has 0 fully saturated rings. The van der Waals surface area contributed by atoms with Crippen molar-refractivity contribution < 1.29 is 0 Å². The predicted molar refractivity (Wildman–Crippen MR) is 66.1 cm³/mol. The van der Waals surface area contributed by atoms with Gasteiger partial charge in [-0.25, -0.2) is 4.98 Å². The second-order valence-electron chi connectivity index (χ2n) is 3.75. The molecule has 0 N–H and O–H groups in total. The van der Waals surface area contributed by atoms with Crippen molar-refractivity contribution in [3.8, 4) is 23.4 Å². The highest BCUT2D eigenvalue weighted by atomic mass is 32.1. The molecular formula is C13H9N3S. The summed E-state index contributed by atoms with van der Waals surface area (Å²) in [5, 5.41) is 20.4. The molecule has 0 bridgehead atoms. The van der Waals surface area contributed by atoms with Gasteiger partial charge in [0.1, 0.15) is 5.01 Å². The lowest BCUT2D eigenvalue weighted by molar-refractivity contribution is 0.782. The molecule has 2 rings (SSSR count). The van der Waals surface area contributed by atoms with Crippen molar-refractivity contribution in [3.63, 3.8) is 0 Å². The lowest BCUT2D eigenvalue weighted by Crippen LogP contribution is -2.15. The highest BCUT2D eigenvalue weighted by Gasteiger charge is 2.29. The Bertz CT molecular complexity index is 588. The van der Waals surface area contributed by atoms with Crippen LogP contribution in [0.3, 0.4) is 0 Å². The van der Waals surface area contributed by atoms with Crippen LogP contribution < -0.4 is 0 Å². The summed E-state index contributed by atoms with van der Waals surface area (Å²) in [6.07, 6.45) is 0. The van der Waals surface area contributed by atoms with Crippen molar-refractivity contribution in [1.82, 2.24) is 4.98 Å². The highest BCUT2D eigenvalue weighted by molar-refractivity contribution is 7.10. The Morgan fingerprint density at radius 1 is 1.18 bits per heavy atom. The lowest BCUT2D eigenvalue weighted by atomic mass is 9.96. The number of rotatable bonds is 2. The molecule has 4 heteroatoms. The van der Waals surface area contributed by atoms with Crippen LogP contribution in [0.15, 0.2) is 35.7 Å². The van der Waals surface area contributed by atoms with E-state index in [1.165, 1.54) is 11.3 Å². The van der Waals surface area contributed by atoms with Gasteiger partial charge in [0.15, 0.2) is 5.41 Å². The molecule has 82 valence electrons. The van der Waals surface area contributed by atoms with Crippen molar-refractivity contribution in [2.75, 3.05) is 0 Å². The van der Waals surface area contributed by atoms with E-state index >= 15 is 0 Å². The second-order valence-corrected chi connectivity index (χ2v) is 4.61. The molecule has 1 heterocycles. The van der Waals surface area contributed by atoms with Crippen LogP contribution in [-0.4, -0.2) is 4.98 Å². The molecule has 0 saturated heterocycles. The van der Waals surface area contributed by atoms with Gasteiger partial charge in [-0.3, -0.25) is 0 Å². The molecule has 1 aromatic heterocycles. The van der Waals surface area contributed by atoms with Crippen LogP contribution in [0.1, 0.15) is 11.9 Å². The fourth-order valence-corrected chi connectivity index (χ4v) is 2.26. The number of thiazole rings is 1. The van der Waals surface area contributed by atoms with Gasteiger partial charge in [0.25, 0.3) is 0 Å². The van der Waals surface area contributed by atoms with E-state index in [-0.39, 0.29) is 0 Å². The minimum atomic E-state index is -1.16. The topological polar surface area (TPSA) is 60.5 Å². The number of aromatic nitrogens is 1. The van der Waals surface area contributed by atoms with Crippen LogP contribution in [0, 0.1) is 22.7 Å². The number of hydrogen-bond acceptors (Lipinski definition) is 4. The van der Waals surface area contributed by atoms with Crippen molar-refractivity contribution in [2.45, 2.75) is 12.3 Å². The van der Waals surface area contributed by atoms with E-state index in [2.05, 4.69) is 4.98 Å². The lowest BCUT2D eigenvalue weighted by Gasteiger charge is -2.06. The SMILES string of the molecule is CC(C#N)(C#N)c1nc(-c2ccccc2)cs1. The molecule has 0 unspecified atom stereocenters. The summed E-state index contributed by atoms with van der Waals surface area (Å²) in [5.74, 6) is 0. The summed E-state index contributed by atoms with van der Waals surface area (Å²) in [5.41, 5.74) is 0.646. The summed E-state index contributed by atoms with van der Waals surface area (Å²) in [6, 6.07) is 13.7. The van der Waals surface area contributed by atoms with Crippen molar-refractivity contribution in [1.29, 1.82) is 10.5 Å². The van der Waals surface area contributed by atoms with Crippen LogP contribution in [0.4, 0.5) is 0 Å². The fourth-order valence-electron chi connectivity index (χ4n) is 1.37. The Balaban J connectivity index is 2.43. The molecule has 0 aliphatic heterocycles. The van der Waals surface area contributed by atoms with E-state index in [4.69, 9.17) is 10.5 Å². The Kier molecular flexibility index (Phi) is 2.91. The van der Waals surface area contributed by atoms with Crippen molar-refractivity contribution in [2.24, 2.45) is 0 Å². The first kappa shape index (κ1) is 11.3. The minimum Gasteiger partial charge on any atom is -0.238 e. The second kappa shape index (κ2) is 4.37. The zero-order valence-corrected chi connectivity index (χ0v) is 10.0. The highest BCUT2D eigenvalue weighted by Crippen LogP contribution is 2.29. The molecule has 0 saturated carbocycles. The van der Waals surface area contributed by atoms with Gasteiger partial charge in [-0.15, -0.1) is 11.3 Å². The third-order valence-electron chi connectivity index (χ3n) is 2.45. The zero-order valence-electron chi connectivity index (χ0n) is 9.21. The smallest absolute Gasteiger partial charge is 0.191 e. The first-order valence-corrected chi connectivity index (χ1v) is 5.91. The zero-order chi connectivity index (χ0) is 12.3. The number of nitrogens with zero attached hydrogens (tertiary/aromatic N) is 3. The first-order valence-electron chi connectivity index (χ1n) is 5.03. The van der Waals surface area contributed by atoms with E-state index in [9.17, 15) is 0 Å². The molecule has 2 aromatic rings.